The molecule has 0 bridgehead atoms. The zero-order valence-corrected chi connectivity index (χ0v) is 54.3. The van der Waals surface area contributed by atoms with Crippen LogP contribution in [0.4, 0.5) is 0 Å². The van der Waals surface area contributed by atoms with E-state index < -0.39 is 185 Å². The van der Waals surface area contributed by atoms with Crippen molar-refractivity contribution in [1.29, 1.82) is 0 Å². The Morgan fingerprint density at radius 2 is 0.883 bits per heavy atom. The predicted octanol–water partition coefficient (Wildman–Crippen LogP) is -12.0. The summed E-state index contributed by atoms with van der Waals surface area (Å²) >= 11 is 4.24. The van der Waals surface area contributed by atoms with Crippen molar-refractivity contribution in [2.24, 2.45) is 0 Å². The van der Waals surface area contributed by atoms with E-state index in [1.165, 1.54) is 30.6 Å². The average molecular weight is 1400 g/mol. The summed E-state index contributed by atoms with van der Waals surface area (Å²) in [7, 11) is 0. The molecular weight excluding hydrogens is 1310 g/mol. The van der Waals surface area contributed by atoms with Crippen LogP contribution in [0.2, 0.25) is 0 Å². The molecule has 41 heteroatoms. The fraction of sp³-hybridized carbons (Fsp3) is 0.849. The van der Waals surface area contributed by atoms with Crippen LogP contribution in [0, 0.1) is 0 Å². The van der Waals surface area contributed by atoms with E-state index in [0.717, 1.165) is 0 Å². The smallest absolute Gasteiger partial charge is 0.239 e. The molecule has 0 aromatic rings. The Labute approximate surface area is 546 Å². The standard InChI is InChI=1S/C53H96N9O30PS/c1-30(66)58-42-48(78)45(75)34(26-63)90-51(42)86-19-16-83-13-8-54-38(71)23-61(24-39(72)55-9-14-84-17-20-87-52-43(59-31(2)67)49(79)46(76)35(27-64)91-52)11-5-12-62(41(74)7-4-6-37(70)57-22-33(69)29-89-93(81,82)94)25-40(73)56-10-15-85-18-21-88-53-44(60-32(3)68)50(80)47(77)36(28-65)92-53/h33-36,42-53,63-65,69,75-80H,4-29H2,1-3H3,(H,54,71)(H,55,72)(H,56,73)(H,57,70)(H,58,66)(H,59,67)(H,60,68)(H2,81,82,94)/p-1/t33-,34?,35?,36?,42?,43?,44?,45?,46?,47?,48?,49?,50?,51?,52?,53?/m0/s1. The highest BCUT2D eigenvalue weighted by molar-refractivity contribution is 8.06. The number of nitrogens with zero attached hydrogens (tertiary/aromatic N) is 2. The van der Waals surface area contributed by atoms with Gasteiger partial charge in [-0.2, -0.15) is 0 Å². The van der Waals surface area contributed by atoms with Crippen LogP contribution in [0.5, 0.6) is 0 Å². The SMILES string of the molecule is CC(=O)NC1C(OCCOCCNC(=O)CN(CCCN(CC(=O)NCCOCCOC2OC(CO)C(O)C(O)C2NC(C)=O)C(=O)CCCC(=O)NC[C@H](O)COP([O-])(O)=S)CC(=O)NCCOCCOC2OC(CO)C(O)C(O)C2NC(C)=O)OC(CO)C(O)C1O. The first kappa shape index (κ1) is 83.7. The molecule has 3 rings (SSSR count). The van der Waals surface area contributed by atoms with E-state index >= 15 is 0 Å². The number of amides is 8. The first-order valence-corrected chi connectivity index (χ1v) is 32.9. The van der Waals surface area contributed by atoms with Gasteiger partial charge >= 0.3 is 0 Å². The fourth-order valence-corrected chi connectivity index (χ4v) is 10.0. The van der Waals surface area contributed by atoms with Crippen LogP contribution in [0.1, 0.15) is 46.5 Å². The van der Waals surface area contributed by atoms with Crippen molar-refractivity contribution in [2.45, 2.75) is 144 Å². The molecule has 0 radical (unpaired) electrons. The van der Waals surface area contributed by atoms with Gasteiger partial charge in [0.15, 0.2) is 18.9 Å². The monoisotopic (exact) mass is 1400 g/mol. The molecule has 8 amide bonds. The molecule has 16 unspecified atom stereocenters. The summed E-state index contributed by atoms with van der Waals surface area (Å²) in [5, 5.41) is 119. The maximum absolute atomic E-state index is 13.8. The van der Waals surface area contributed by atoms with Crippen LogP contribution in [0.15, 0.2) is 0 Å². The van der Waals surface area contributed by atoms with E-state index in [4.69, 9.17) is 47.5 Å². The molecule has 3 aliphatic rings. The summed E-state index contributed by atoms with van der Waals surface area (Å²) in [5.41, 5.74) is 0. The minimum Gasteiger partial charge on any atom is -0.780 e. The van der Waals surface area contributed by atoms with Crippen LogP contribution in [0.3, 0.4) is 0 Å². The Morgan fingerprint density at radius 1 is 0.511 bits per heavy atom. The second-order valence-corrected chi connectivity index (χ2v) is 24.3. The third-order valence-corrected chi connectivity index (χ3v) is 14.9. The number of carbonyl (C=O) groups is 8. The first-order valence-electron chi connectivity index (χ1n) is 30.3. The van der Waals surface area contributed by atoms with Crippen molar-refractivity contribution in [1.82, 2.24) is 47.0 Å². The van der Waals surface area contributed by atoms with Crippen LogP contribution in [-0.2, 0) is 97.3 Å². The van der Waals surface area contributed by atoms with Crippen molar-refractivity contribution in [3.63, 3.8) is 0 Å². The van der Waals surface area contributed by atoms with E-state index in [1.54, 1.807) is 0 Å². The van der Waals surface area contributed by atoms with Gasteiger partial charge < -0.3 is 150 Å². The average Bonchev–Trinajstić information content (AvgIpc) is 0.831. The lowest BCUT2D eigenvalue weighted by Gasteiger charge is -2.42. The van der Waals surface area contributed by atoms with Gasteiger partial charge in [0, 0.05) is 72.9 Å². The van der Waals surface area contributed by atoms with Gasteiger partial charge in [-0.3, -0.25) is 43.3 Å². The molecule has 3 fully saturated rings. The number of hydrogen-bond donors (Lipinski definition) is 18. The van der Waals surface area contributed by atoms with Crippen LogP contribution >= 0.6 is 6.72 Å². The number of carbonyl (C=O) groups excluding carboxylic acids is 8. The van der Waals surface area contributed by atoms with Gasteiger partial charge in [-0.15, -0.1) is 0 Å². The van der Waals surface area contributed by atoms with E-state index in [2.05, 4.69) is 53.5 Å². The highest BCUT2D eigenvalue weighted by Crippen LogP contribution is 2.31. The zero-order chi connectivity index (χ0) is 69.9. The summed E-state index contributed by atoms with van der Waals surface area (Å²) in [4.78, 5) is 125. The number of aliphatic hydroxyl groups is 10. The Bertz CT molecular complexity index is 2270. The van der Waals surface area contributed by atoms with Crippen LogP contribution in [-0.4, -0.2) is 356 Å². The van der Waals surface area contributed by atoms with Crippen LogP contribution < -0.4 is 42.1 Å². The minimum absolute atomic E-state index is 0.0235. The van der Waals surface area contributed by atoms with E-state index in [9.17, 15) is 94.3 Å². The van der Waals surface area contributed by atoms with Crippen molar-refractivity contribution in [2.75, 3.05) is 145 Å². The topological polar surface area (TPSA) is 565 Å². The van der Waals surface area contributed by atoms with Crippen molar-refractivity contribution < 1.29 is 146 Å². The summed E-state index contributed by atoms with van der Waals surface area (Å²) in [6.07, 6.45) is -18.5. The quantitative estimate of drug-likeness (QED) is 0.0199. The van der Waals surface area contributed by atoms with Gasteiger partial charge in [0.2, 0.25) is 47.3 Å². The molecule has 39 nitrogen and oxygen atoms in total. The Balaban J connectivity index is 1.64. The number of ether oxygens (including phenoxy) is 9. The molecule has 544 valence electrons. The predicted molar refractivity (Wildman–Crippen MR) is 318 cm³/mol. The number of aliphatic hydroxyl groups excluding tert-OH is 10. The molecule has 18 N–H and O–H groups in total. The second kappa shape index (κ2) is 45.1. The lowest BCUT2D eigenvalue weighted by molar-refractivity contribution is -0.272. The summed E-state index contributed by atoms with van der Waals surface area (Å²) in [6, 6.07) is -3.55. The van der Waals surface area contributed by atoms with Gasteiger partial charge in [0.25, 0.3) is 0 Å². The Morgan fingerprint density at radius 3 is 1.23 bits per heavy atom. The maximum atomic E-state index is 13.8. The number of hydrogen-bond acceptors (Lipinski definition) is 31. The summed E-state index contributed by atoms with van der Waals surface area (Å²) < 4.78 is 54.6. The number of rotatable bonds is 46. The third-order valence-electron chi connectivity index (χ3n) is 14.1. The molecule has 0 aromatic carbocycles. The van der Waals surface area contributed by atoms with E-state index in [1.807, 2.05) is 0 Å². The molecule has 0 aliphatic carbocycles. The van der Waals surface area contributed by atoms with Gasteiger partial charge in [0.05, 0.1) is 112 Å². The van der Waals surface area contributed by atoms with Crippen molar-refractivity contribution in [3.05, 3.63) is 0 Å². The first-order chi connectivity index (χ1) is 44.6. The second-order valence-electron chi connectivity index (χ2n) is 21.8. The zero-order valence-electron chi connectivity index (χ0n) is 52.5. The molecule has 94 heavy (non-hydrogen) atoms. The maximum Gasteiger partial charge on any atom is 0.239 e. The van der Waals surface area contributed by atoms with Gasteiger partial charge in [-0.05, 0) is 12.8 Å². The third kappa shape index (κ3) is 32.2. The molecule has 3 aliphatic heterocycles. The highest BCUT2D eigenvalue weighted by Gasteiger charge is 2.48. The van der Waals surface area contributed by atoms with Gasteiger partial charge in [-0.25, -0.2) is 0 Å². The molecule has 0 saturated carbocycles. The van der Waals surface area contributed by atoms with Gasteiger partial charge in [0.1, 0.15) is 79.8 Å². The van der Waals surface area contributed by atoms with E-state index in [-0.39, 0.29) is 138 Å². The molecule has 3 heterocycles. The van der Waals surface area contributed by atoms with Crippen molar-refractivity contribution in [3.8, 4) is 0 Å². The molecule has 17 atom stereocenters. The molecule has 0 spiro atoms. The lowest BCUT2D eigenvalue weighted by Crippen LogP contribution is -2.64. The largest absolute Gasteiger partial charge is 0.780 e. The van der Waals surface area contributed by atoms with Gasteiger partial charge in [-0.1, -0.05) is 11.8 Å². The van der Waals surface area contributed by atoms with Crippen LogP contribution in [0.25, 0.3) is 0 Å². The number of nitrogens with one attached hydrogen (secondary N) is 7. The van der Waals surface area contributed by atoms with Crippen molar-refractivity contribution >= 4 is 65.8 Å². The van der Waals surface area contributed by atoms with E-state index in [0.29, 0.717) is 0 Å². The Hall–Kier alpha value is -4.51. The summed E-state index contributed by atoms with van der Waals surface area (Å²) in [5.74, 6) is -4.61. The highest BCUT2D eigenvalue weighted by atomic mass is 32.5. The molecular formula is C53H95N9O30PS-. The fourth-order valence-electron chi connectivity index (χ4n) is 9.46. The summed E-state index contributed by atoms with van der Waals surface area (Å²) in [6.45, 7) is -6.17. The Kier molecular flexibility index (Phi) is 40.2. The normalized spacial score (nSPS) is 27.1. The molecule has 0 aromatic heterocycles. The lowest BCUT2D eigenvalue weighted by atomic mass is 9.97. The molecule has 3 saturated heterocycles. The minimum atomic E-state index is -4.31.